The number of aromatic amines is 2. The number of H-pyrrole nitrogens is 2. The summed E-state index contributed by atoms with van der Waals surface area (Å²) in [7, 11) is 0. The minimum absolute atomic E-state index is 0.0399. The van der Waals surface area contributed by atoms with Crippen molar-refractivity contribution in [2.24, 2.45) is 0 Å². The van der Waals surface area contributed by atoms with Crippen molar-refractivity contribution in [3.05, 3.63) is 88.5 Å². The molecule has 12 nitrogen and oxygen atoms in total. The van der Waals surface area contributed by atoms with Crippen LogP contribution in [0.2, 0.25) is 0 Å². The Morgan fingerprint density at radius 3 is 2.14 bits per heavy atom. The largest absolute Gasteiger partial charge is 0.481 e. The standard InChI is InChI=1S/C38H41N5O7/c1-7-22-18(3)26-13-27-21(6)25(10-12-36(45)46)33(41-27)16-32-24(9-11-35(44)43-34(38(49)50)17-37(47)48)20(5)29(42-32)15-31-23(8-2)19(4)28(40-31)14-30(22)39-26/h7-8,13-16,21,25,34,39,42H,1-2,9-12,17H2,3-6H3,(H,43,44)(H,45,46)(H,47,48)(H,49,50)/t21?,25?,34-/m0/s1. The lowest BCUT2D eigenvalue weighted by Gasteiger charge is -2.14. The molecule has 2 unspecified atom stereocenters. The van der Waals surface area contributed by atoms with Crippen molar-refractivity contribution in [1.82, 2.24) is 25.3 Å². The van der Waals surface area contributed by atoms with Gasteiger partial charge in [0.05, 0.1) is 17.8 Å². The number of nitrogens with zero attached hydrogens (tertiary/aromatic N) is 2. The summed E-state index contributed by atoms with van der Waals surface area (Å²) < 4.78 is 0. The fraction of sp³-hybridized carbons (Fsp3) is 0.316. The maximum Gasteiger partial charge on any atom is 0.326 e. The van der Waals surface area contributed by atoms with Crippen LogP contribution in [0.25, 0.3) is 39.3 Å². The van der Waals surface area contributed by atoms with Crippen LogP contribution in [0.4, 0.5) is 0 Å². The highest BCUT2D eigenvalue weighted by molar-refractivity contribution is 5.97. The van der Waals surface area contributed by atoms with E-state index in [-0.39, 0.29) is 31.1 Å². The Morgan fingerprint density at radius 1 is 0.840 bits per heavy atom. The summed E-state index contributed by atoms with van der Waals surface area (Å²) in [5, 5.41) is 30.4. The summed E-state index contributed by atoms with van der Waals surface area (Å²) >= 11 is 0. The van der Waals surface area contributed by atoms with Crippen LogP contribution in [0.3, 0.4) is 0 Å². The predicted octanol–water partition coefficient (Wildman–Crippen LogP) is 6.42. The zero-order valence-corrected chi connectivity index (χ0v) is 28.5. The number of carbonyl (C=O) groups is 4. The Bertz CT molecular complexity index is 2140. The van der Waals surface area contributed by atoms with Crippen molar-refractivity contribution in [2.45, 2.75) is 77.7 Å². The van der Waals surface area contributed by atoms with Crippen LogP contribution >= 0.6 is 0 Å². The van der Waals surface area contributed by atoms with Gasteiger partial charge in [-0.05, 0) is 80.1 Å². The minimum Gasteiger partial charge on any atom is -0.481 e. The van der Waals surface area contributed by atoms with E-state index in [4.69, 9.17) is 15.1 Å². The van der Waals surface area contributed by atoms with Crippen LogP contribution in [0, 0.1) is 13.8 Å². The van der Waals surface area contributed by atoms with E-state index in [1.807, 2.05) is 58.0 Å². The number of aliphatic carboxylic acids is 3. The SMILES string of the molecule is C=CC1=C(C)c2cc3[nH]c(cc4nc(cc5[nH]c(cc1n2)c(C)c5CCC(=O)N[C@@H](CC(=O)O)C(=O)O)C(CCC(=O)O)C4C)c(C)c3C=C. The number of aryl methyl sites for hydroxylation is 3. The van der Waals surface area contributed by atoms with Crippen LogP contribution in [0.5, 0.6) is 0 Å². The van der Waals surface area contributed by atoms with Gasteiger partial charge in [-0.1, -0.05) is 32.2 Å². The minimum atomic E-state index is -1.56. The molecule has 0 spiro atoms. The third kappa shape index (κ3) is 7.14. The quantitative estimate of drug-likeness (QED) is 0.125. The van der Waals surface area contributed by atoms with E-state index in [1.54, 1.807) is 6.08 Å². The topological polar surface area (TPSA) is 198 Å². The predicted molar refractivity (Wildman–Crippen MR) is 191 cm³/mol. The average molecular weight is 680 g/mol. The highest BCUT2D eigenvalue weighted by Crippen LogP contribution is 2.40. The zero-order chi connectivity index (χ0) is 36.4. The number of carboxylic acid groups (broad SMARTS) is 3. The van der Waals surface area contributed by atoms with Gasteiger partial charge >= 0.3 is 17.9 Å². The number of carboxylic acids is 3. The Hall–Kier alpha value is -5.78. The molecule has 12 heteroatoms. The maximum absolute atomic E-state index is 12.9. The summed E-state index contributed by atoms with van der Waals surface area (Å²) in [6.07, 6.45) is 3.24. The number of hydrogen-bond donors (Lipinski definition) is 6. The number of hydrogen-bond acceptors (Lipinski definition) is 6. The lowest BCUT2D eigenvalue weighted by molar-refractivity contribution is -0.147. The first kappa shape index (κ1) is 35.5. The van der Waals surface area contributed by atoms with Crippen molar-refractivity contribution in [3.8, 4) is 0 Å². The molecule has 0 saturated carbocycles. The molecule has 3 aromatic heterocycles. The first-order chi connectivity index (χ1) is 23.7. The van der Waals surface area contributed by atoms with Gasteiger partial charge in [-0.15, -0.1) is 0 Å². The van der Waals surface area contributed by atoms with Crippen LogP contribution in [-0.2, 0) is 25.6 Å². The second-order valence-electron chi connectivity index (χ2n) is 12.8. The third-order valence-electron chi connectivity index (χ3n) is 9.67. The molecular weight excluding hydrogens is 638 g/mol. The molecule has 5 rings (SSSR count). The lowest BCUT2D eigenvalue weighted by Crippen LogP contribution is -2.42. The Kier molecular flexibility index (Phi) is 10.2. The first-order valence-electron chi connectivity index (χ1n) is 16.4. The van der Waals surface area contributed by atoms with Crippen molar-refractivity contribution in [2.75, 3.05) is 0 Å². The Balaban J connectivity index is 1.76. The van der Waals surface area contributed by atoms with E-state index in [0.29, 0.717) is 23.3 Å². The smallest absolute Gasteiger partial charge is 0.326 e. The van der Waals surface area contributed by atoms with E-state index < -0.39 is 36.3 Å². The normalized spacial score (nSPS) is 16.2. The van der Waals surface area contributed by atoms with Gasteiger partial charge in [-0.25, -0.2) is 9.78 Å². The fourth-order valence-corrected chi connectivity index (χ4v) is 6.78. The van der Waals surface area contributed by atoms with Crippen LogP contribution in [0.1, 0.15) is 96.4 Å². The Morgan fingerprint density at radius 2 is 1.50 bits per heavy atom. The van der Waals surface area contributed by atoms with Crippen molar-refractivity contribution in [3.63, 3.8) is 0 Å². The van der Waals surface area contributed by atoms with Crippen LogP contribution in [-0.4, -0.2) is 65.1 Å². The molecular formula is C38H41N5O7. The van der Waals surface area contributed by atoms with Gasteiger partial charge < -0.3 is 30.6 Å². The first-order valence-corrected chi connectivity index (χ1v) is 16.4. The molecule has 6 N–H and O–H groups in total. The summed E-state index contributed by atoms with van der Waals surface area (Å²) in [4.78, 5) is 64.3. The molecule has 50 heavy (non-hydrogen) atoms. The van der Waals surface area contributed by atoms with Gasteiger partial charge in [0.2, 0.25) is 5.91 Å². The number of nitrogens with one attached hydrogen (secondary N) is 3. The van der Waals surface area contributed by atoms with E-state index in [9.17, 15) is 29.4 Å². The molecule has 0 saturated heterocycles. The number of rotatable bonds is 12. The monoisotopic (exact) mass is 679 g/mol. The molecule has 0 fully saturated rings. The van der Waals surface area contributed by atoms with Gasteiger partial charge in [-0.3, -0.25) is 19.4 Å². The number of aromatic nitrogens is 4. The van der Waals surface area contributed by atoms with Crippen molar-refractivity contribution < 1.29 is 34.5 Å². The van der Waals surface area contributed by atoms with Crippen molar-refractivity contribution >= 4 is 63.1 Å². The lowest BCUT2D eigenvalue weighted by atomic mass is 9.87. The molecule has 2 aliphatic heterocycles. The number of amides is 1. The second-order valence-corrected chi connectivity index (χ2v) is 12.8. The highest BCUT2D eigenvalue weighted by Gasteiger charge is 2.30. The number of fused-ring (bicyclic) bond motifs is 8. The maximum atomic E-state index is 12.9. The zero-order valence-electron chi connectivity index (χ0n) is 28.5. The molecule has 3 aromatic rings. The van der Waals surface area contributed by atoms with E-state index in [2.05, 4.69) is 28.4 Å². The molecule has 0 radical (unpaired) electrons. The molecule has 0 aromatic carbocycles. The van der Waals surface area contributed by atoms with Crippen LogP contribution in [0.15, 0.2) is 43.5 Å². The van der Waals surface area contributed by atoms with Gasteiger partial charge in [0.1, 0.15) is 6.04 Å². The van der Waals surface area contributed by atoms with Gasteiger partial charge in [0.25, 0.3) is 0 Å². The summed E-state index contributed by atoms with van der Waals surface area (Å²) in [6.45, 7) is 16.0. The third-order valence-corrected chi connectivity index (χ3v) is 9.67. The summed E-state index contributed by atoms with van der Waals surface area (Å²) in [6, 6.07) is 6.24. The van der Waals surface area contributed by atoms with Crippen LogP contribution < -0.4 is 5.32 Å². The van der Waals surface area contributed by atoms with Gasteiger partial charge in [0.15, 0.2) is 0 Å². The van der Waals surface area contributed by atoms with E-state index in [1.165, 1.54) is 0 Å². The van der Waals surface area contributed by atoms with Gasteiger partial charge in [0, 0.05) is 69.3 Å². The fourth-order valence-electron chi connectivity index (χ4n) is 6.78. The average Bonchev–Trinajstić information content (AvgIpc) is 3.71. The number of carbonyl (C=O) groups excluding carboxylic acids is 1. The Labute approximate surface area is 288 Å². The summed E-state index contributed by atoms with van der Waals surface area (Å²) in [5.74, 6) is -4.59. The number of allylic oxidation sites excluding steroid dienone is 3. The summed E-state index contributed by atoms with van der Waals surface area (Å²) in [5.41, 5.74) is 11.4. The van der Waals surface area contributed by atoms with Crippen molar-refractivity contribution in [1.29, 1.82) is 0 Å². The molecule has 1 amide bonds. The molecule has 260 valence electrons. The molecule has 3 atom stereocenters. The molecule has 0 aliphatic carbocycles. The molecule has 8 bridgehead atoms. The van der Waals surface area contributed by atoms with E-state index in [0.717, 1.165) is 61.3 Å². The second kappa shape index (κ2) is 14.4. The van der Waals surface area contributed by atoms with E-state index >= 15 is 0 Å². The highest BCUT2D eigenvalue weighted by atomic mass is 16.4. The molecule has 5 heterocycles. The van der Waals surface area contributed by atoms with Gasteiger partial charge in [-0.2, -0.15) is 0 Å². The molecule has 2 aliphatic rings.